The molecule has 0 amide bonds. The van der Waals surface area contributed by atoms with Crippen molar-refractivity contribution in [3.63, 3.8) is 0 Å². The standard InChI is InChI=1S/C14H25N/c1-12(2)13-6-8-14(9-7-13)15-10-4-3-5-11-15/h13-14H,1,3-11H2,2H3. The Labute approximate surface area is 94.5 Å². The van der Waals surface area contributed by atoms with E-state index in [1.165, 1.54) is 63.6 Å². The van der Waals surface area contributed by atoms with Crippen LogP contribution < -0.4 is 0 Å². The van der Waals surface area contributed by atoms with E-state index >= 15 is 0 Å². The van der Waals surface area contributed by atoms with Gasteiger partial charge in [0.1, 0.15) is 0 Å². The predicted octanol–water partition coefficient (Wildman–Crippen LogP) is 3.61. The van der Waals surface area contributed by atoms with Crippen LogP contribution in [0.4, 0.5) is 0 Å². The zero-order chi connectivity index (χ0) is 10.7. The minimum Gasteiger partial charge on any atom is -0.300 e. The van der Waals surface area contributed by atoms with Crippen molar-refractivity contribution < 1.29 is 0 Å². The van der Waals surface area contributed by atoms with Crippen LogP contribution in [0.2, 0.25) is 0 Å². The van der Waals surface area contributed by atoms with Crippen LogP contribution in [0.25, 0.3) is 0 Å². The highest BCUT2D eigenvalue weighted by Gasteiger charge is 2.26. The average molecular weight is 207 g/mol. The SMILES string of the molecule is C=C(C)C1CCC(N2CCCCC2)CC1. The van der Waals surface area contributed by atoms with Gasteiger partial charge in [-0.1, -0.05) is 18.6 Å². The summed E-state index contributed by atoms with van der Waals surface area (Å²) >= 11 is 0. The molecule has 0 spiro atoms. The van der Waals surface area contributed by atoms with Crippen LogP contribution in [0.5, 0.6) is 0 Å². The quantitative estimate of drug-likeness (QED) is 0.625. The molecule has 2 fully saturated rings. The number of likely N-dealkylation sites (tertiary alicyclic amines) is 1. The summed E-state index contributed by atoms with van der Waals surface area (Å²) in [5, 5.41) is 0. The second-order valence-electron chi connectivity index (χ2n) is 5.45. The van der Waals surface area contributed by atoms with Crippen molar-refractivity contribution >= 4 is 0 Å². The molecule has 86 valence electrons. The van der Waals surface area contributed by atoms with Crippen molar-refractivity contribution in [2.75, 3.05) is 13.1 Å². The molecule has 0 radical (unpaired) electrons. The third kappa shape index (κ3) is 2.84. The highest BCUT2D eigenvalue weighted by molar-refractivity contribution is 4.99. The summed E-state index contributed by atoms with van der Waals surface area (Å²) in [6, 6.07) is 0.904. The lowest BCUT2D eigenvalue weighted by molar-refractivity contribution is 0.120. The van der Waals surface area contributed by atoms with E-state index in [1.807, 2.05) is 0 Å². The molecule has 1 saturated heterocycles. The molecule has 1 heteroatoms. The largest absolute Gasteiger partial charge is 0.300 e. The van der Waals surface area contributed by atoms with Gasteiger partial charge in [-0.05, 0) is 64.5 Å². The molecule has 15 heavy (non-hydrogen) atoms. The molecule has 0 N–H and O–H groups in total. The fraction of sp³-hybridized carbons (Fsp3) is 0.857. The van der Waals surface area contributed by atoms with E-state index in [-0.39, 0.29) is 0 Å². The molecule has 0 unspecified atom stereocenters. The van der Waals surface area contributed by atoms with E-state index in [0.717, 1.165) is 12.0 Å². The second-order valence-corrected chi connectivity index (χ2v) is 5.45. The normalized spacial score (nSPS) is 33.9. The van der Waals surface area contributed by atoms with Gasteiger partial charge in [-0.3, -0.25) is 0 Å². The summed E-state index contributed by atoms with van der Waals surface area (Å²) < 4.78 is 0. The van der Waals surface area contributed by atoms with E-state index in [4.69, 9.17) is 0 Å². The molecule has 0 bridgehead atoms. The Morgan fingerprint density at radius 2 is 1.60 bits per heavy atom. The molecule has 1 aliphatic carbocycles. The fourth-order valence-electron chi connectivity index (χ4n) is 3.22. The average Bonchev–Trinajstić information content (AvgIpc) is 2.30. The molecule has 1 aliphatic heterocycles. The first-order chi connectivity index (χ1) is 7.27. The lowest BCUT2D eigenvalue weighted by Gasteiger charge is -2.39. The number of allylic oxidation sites excluding steroid dienone is 1. The van der Waals surface area contributed by atoms with Gasteiger partial charge in [-0.25, -0.2) is 0 Å². The zero-order valence-corrected chi connectivity index (χ0v) is 10.2. The van der Waals surface area contributed by atoms with Gasteiger partial charge in [-0.2, -0.15) is 0 Å². The van der Waals surface area contributed by atoms with Crippen LogP contribution in [0, 0.1) is 5.92 Å². The maximum atomic E-state index is 4.10. The Morgan fingerprint density at radius 1 is 1.00 bits per heavy atom. The molecule has 1 nitrogen and oxygen atoms in total. The minimum absolute atomic E-state index is 0.825. The molecule has 0 aromatic carbocycles. The summed E-state index contributed by atoms with van der Waals surface area (Å²) in [6.45, 7) is 9.03. The number of rotatable bonds is 2. The first-order valence-corrected chi connectivity index (χ1v) is 6.67. The van der Waals surface area contributed by atoms with Crippen LogP contribution in [-0.4, -0.2) is 24.0 Å². The Balaban J connectivity index is 1.79. The zero-order valence-electron chi connectivity index (χ0n) is 10.2. The van der Waals surface area contributed by atoms with Crippen LogP contribution in [0.15, 0.2) is 12.2 Å². The molecular formula is C14H25N. The third-order valence-corrected chi connectivity index (χ3v) is 4.30. The predicted molar refractivity (Wildman–Crippen MR) is 66.0 cm³/mol. The Hall–Kier alpha value is -0.300. The van der Waals surface area contributed by atoms with Crippen molar-refractivity contribution in [2.45, 2.75) is 57.9 Å². The van der Waals surface area contributed by atoms with Crippen molar-refractivity contribution in [2.24, 2.45) is 5.92 Å². The van der Waals surface area contributed by atoms with Crippen LogP contribution in [0.1, 0.15) is 51.9 Å². The summed E-state index contributed by atoms with van der Waals surface area (Å²) in [6.07, 6.45) is 9.92. The fourth-order valence-corrected chi connectivity index (χ4v) is 3.22. The van der Waals surface area contributed by atoms with E-state index < -0.39 is 0 Å². The summed E-state index contributed by atoms with van der Waals surface area (Å²) in [5.41, 5.74) is 1.41. The van der Waals surface area contributed by atoms with Gasteiger partial charge >= 0.3 is 0 Å². The summed E-state index contributed by atoms with van der Waals surface area (Å²) in [4.78, 5) is 2.75. The maximum absolute atomic E-state index is 4.10. The van der Waals surface area contributed by atoms with Gasteiger partial charge in [0.25, 0.3) is 0 Å². The molecule has 0 aromatic rings. The topological polar surface area (TPSA) is 3.24 Å². The molecule has 1 saturated carbocycles. The van der Waals surface area contributed by atoms with Crippen molar-refractivity contribution in [1.82, 2.24) is 4.90 Å². The Bertz CT molecular complexity index is 207. The molecule has 1 heterocycles. The smallest absolute Gasteiger partial charge is 0.00956 e. The highest BCUT2D eigenvalue weighted by atomic mass is 15.2. The second kappa shape index (κ2) is 5.16. The molecule has 0 atom stereocenters. The molecule has 2 aliphatic rings. The van der Waals surface area contributed by atoms with Gasteiger partial charge < -0.3 is 4.90 Å². The number of hydrogen-bond donors (Lipinski definition) is 0. The summed E-state index contributed by atoms with van der Waals surface area (Å²) in [7, 11) is 0. The minimum atomic E-state index is 0.825. The first-order valence-electron chi connectivity index (χ1n) is 6.67. The van der Waals surface area contributed by atoms with E-state index in [1.54, 1.807) is 0 Å². The van der Waals surface area contributed by atoms with E-state index in [0.29, 0.717) is 0 Å². The van der Waals surface area contributed by atoms with Gasteiger partial charge in [-0.15, -0.1) is 0 Å². The van der Waals surface area contributed by atoms with Gasteiger partial charge in [0.15, 0.2) is 0 Å². The number of nitrogens with zero attached hydrogens (tertiary/aromatic N) is 1. The van der Waals surface area contributed by atoms with Crippen LogP contribution in [0.3, 0.4) is 0 Å². The number of hydrogen-bond acceptors (Lipinski definition) is 1. The monoisotopic (exact) mass is 207 g/mol. The molecule has 2 rings (SSSR count). The van der Waals surface area contributed by atoms with Gasteiger partial charge in [0, 0.05) is 6.04 Å². The van der Waals surface area contributed by atoms with E-state index in [2.05, 4.69) is 18.4 Å². The van der Waals surface area contributed by atoms with Crippen LogP contribution >= 0.6 is 0 Å². The third-order valence-electron chi connectivity index (χ3n) is 4.30. The van der Waals surface area contributed by atoms with Crippen LogP contribution in [-0.2, 0) is 0 Å². The van der Waals surface area contributed by atoms with Crippen molar-refractivity contribution in [3.8, 4) is 0 Å². The highest BCUT2D eigenvalue weighted by Crippen LogP contribution is 2.32. The van der Waals surface area contributed by atoms with Crippen molar-refractivity contribution in [3.05, 3.63) is 12.2 Å². The Morgan fingerprint density at radius 3 is 2.13 bits per heavy atom. The van der Waals surface area contributed by atoms with Crippen molar-refractivity contribution in [1.29, 1.82) is 0 Å². The van der Waals surface area contributed by atoms with E-state index in [9.17, 15) is 0 Å². The van der Waals surface area contributed by atoms with Gasteiger partial charge in [0.05, 0.1) is 0 Å². The lowest BCUT2D eigenvalue weighted by atomic mass is 9.81. The first kappa shape index (κ1) is 11.2. The molecule has 0 aromatic heterocycles. The Kier molecular flexibility index (Phi) is 3.85. The summed E-state index contributed by atoms with van der Waals surface area (Å²) in [5.74, 6) is 0.825. The number of piperidine rings is 1. The maximum Gasteiger partial charge on any atom is 0.00956 e. The van der Waals surface area contributed by atoms with Gasteiger partial charge in [0.2, 0.25) is 0 Å². The lowest BCUT2D eigenvalue weighted by Crippen LogP contribution is -2.41. The molecular weight excluding hydrogens is 182 g/mol.